The molecular weight excluding hydrogens is 356 g/mol. The van der Waals surface area contributed by atoms with Gasteiger partial charge in [0.2, 0.25) is 5.91 Å². The molecule has 2 aliphatic rings. The molecule has 1 aromatic heterocycles. The maximum Gasteiger partial charge on any atom is 0.253 e. The minimum Gasteiger partial charge on any atom is -0.486 e. The number of benzene rings is 1. The first-order valence-corrected chi connectivity index (χ1v) is 9.89. The van der Waals surface area contributed by atoms with E-state index in [1.807, 2.05) is 17.8 Å². The number of aromatic nitrogens is 2. The maximum atomic E-state index is 12.8. The van der Waals surface area contributed by atoms with Gasteiger partial charge in [0.15, 0.2) is 0 Å². The first kappa shape index (κ1) is 18.5. The summed E-state index contributed by atoms with van der Waals surface area (Å²) in [5.74, 6) is 1.50. The number of likely N-dealkylation sites (tertiary alicyclic amines) is 1. The molecule has 148 valence electrons. The van der Waals surface area contributed by atoms with Crippen LogP contribution in [-0.2, 0) is 18.4 Å². The van der Waals surface area contributed by atoms with Gasteiger partial charge in [0.1, 0.15) is 18.2 Å². The van der Waals surface area contributed by atoms with Crippen molar-refractivity contribution in [1.82, 2.24) is 19.8 Å². The summed E-state index contributed by atoms with van der Waals surface area (Å²) in [6.07, 6.45) is 7.47. The quantitative estimate of drug-likeness (QED) is 0.830. The second-order valence-corrected chi connectivity index (χ2v) is 7.64. The van der Waals surface area contributed by atoms with Gasteiger partial charge >= 0.3 is 0 Å². The molecule has 1 aliphatic carbocycles. The van der Waals surface area contributed by atoms with Crippen molar-refractivity contribution in [3.05, 3.63) is 48.0 Å². The number of rotatable bonds is 6. The lowest BCUT2D eigenvalue weighted by atomic mass is 9.96. The summed E-state index contributed by atoms with van der Waals surface area (Å²) < 4.78 is 7.65. The van der Waals surface area contributed by atoms with Crippen molar-refractivity contribution in [3.8, 4) is 5.75 Å². The van der Waals surface area contributed by atoms with Gasteiger partial charge < -0.3 is 19.5 Å². The third-order valence-corrected chi connectivity index (χ3v) is 5.39. The van der Waals surface area contributed by atoms with Gasteiger partial charge in [-0.25, -0.2) is 4.98 Å². The van der Waals surface area contributed by atoms with Crippen LogP contribution < -0.4 is 10.1 Å². The number of piperidine rings is 1. The lowest BCUT2D eigenvalue weighted by Gasteiger charge is -2.32. The van der Waals surface area contributed by atoms with Crippen LogP contribution in [0.1, 0.15) is 41.9 Å². The number of nitrogens with zero attached hydrogens (tertiary/aromatic N) is 3. The van der Waals surface area contributed by atoms with Crippen molar-refractivity contribution in [1.29, 1.82) is 0 Å². The summed E-state index contributed by atoms with van der Waals surface area (Å²) in [5, 5.41) is 3.06. The Balaban J connectivity index is 1.33. The van der Waals surface area contributed by atoms with Crippen LogP contribution in [0.3, 0.4) is 0 Å². The van der Waals surface area contributed by atoms with E-state index >= 15 is 0 Å². The highest BCUT2D eigenvalue weighted by molar-refractivity contribution is 5.94. The molecule has 7 nitrogen and oxygen atoms in total. The van der Waals surface area contributed by atoms with E-state index in [1.54, 1.807) is 35.4 Å². The Morgan fingerprint density at radius 1 is 1.21 bits per heavy atom. The van der Waals surface area contributed by atoms with E-state index in [0.29, 0.717) is 37.1 Å². The molecule has 0 spiro atoms. The van der Waals surface area contributed by atoms with Gasteiger partial charge in [0.25, 0.3) is 5.91 Å². The zero-order chi connectivity index (χ0) is 19.5. The molecule has 1 unspecified atom stereocenters. The third-order valence-electron chi connectivity index (χ3n) is 5.39. The van der Waals surface area contributed by atoms with Gasteiger partial charge in [-0.3, -0.25) is 9.59 Å². The summed E-state index contributed by atoms with van der Waals surface area (Å²) in [6.45, 7) is 1.57. The lowest BCUT2D eigenvalue weighted by molar-refractivity contribution is -0.126. The third kappa shape index (κ3) is 4.35. The van der Waals surface area contributed by atoms with Crippen LogP contribution in [0.5, 0.6) is 5.75 Å². The van der Waals surface area contributed by atoms with E-state index in [-0.39, 0.29) is 17.7 Å². The second-order valence-electron chi connectivity index (χ2n) is 7.64. The Labute approximate surface area is 164 Å². The monoisotopic (exact) mass is 382 g/mol. The van der Waals surface area contributed by atoms with E-state index < -0.39 is 0 Å². The van der Waals surface area contributed by atoms with Crippen molar-refractivity contribution in [2.75, 3.05) is 13.1 Å². The summed E-state index contributed by atoms with van der Waals surface area (Å²) in [6, 6.07) is 7.53. The fraction of sp³-hybridized carbons (Fsp3) is 0.476. The van der Waals surface area contributed by atoms with Crippen LogP contribution in [0.2, 0.25) is 0 Å². The first-order valence-electron chi connectivity index (χ1n) is 9.89. The lowest BCUT2D eigenvalue weighted by Crippen LogP contribution is -2.45. The number of carbonyl (C=O) groups is 2. The molecular formula is C21H26N4O3. The van der Waals surface area contributed by atoms with Gasteiger partial charge in [-0.1, -0.05) is 0 Å². The summed E-state index contributed by atoms with van der Waals surface area (Å²) >= 11 is 0. The molecule has 4 rings (SSSR count). The number of imidazole rings is 1. The van der Waals surface area contributed by atoms with E-state index in [4.69, 9.17) is 4.74 Å². The maximum absolute atomic E-state index is 12.8. The topological polar surface area (TPSA) is 76.5 Å². The van der Waals surface area contributed by atoms with Crippen molar-refractivity contribution < 1.29 is 14.3 Å². The number of ether oxygens (including phenoxy) is 1. The molecule has 2 heterocycles. The molecule has 1 aromatic carbocycles. The number of carbonyl (C=O) groups excluding carboxylic acids is 2. The predicted octanol–water partition coefficient (Wildman–Crippen LogP) is 2.13. The molecule has 28 heavy (non-hydrogen) atoms. The summed E-state index contributed by atoms with van der Waals surface area (Å²) in [7, 11) is 1.92. The van der Waals surface area contributed by atoms with E-state index in [2.05, 4.69) is 10.3 Å². The number of amides is 2. The van der Waals surface area contributed by atoms with Crippen LogP contribution in [0.25, 0.3) is 0 Å². The average molecular weight is 382 g/mol. The van der Waals surface area contributed by atoms with Crippen LogP contribution in [-0.4, -0.2) is 45.4 Å². The Hall–Kier alpha value is -2.83. The standard InChI is InChI=1S/C21H26N4O3/c1-24-12-10-22-19(24)14-28-18-8-4-15(5-9-18)21(27)25-11-2-3-16(13-25)20(26)23-17-6-7-17/h4-5,8-10,12,16-17H,2-3,6-7,11,13-14H2,1H3,(H,23,26). The predicted molar refractivity (Wildman–Crippen MR) is 104 cm³/mol. The SMILES string of the molecule is Cn1ccnc1COc1ccc(C(=O)N2CCCC(C(=O)NC3CC3)C2)cc1. The van der Waals surface area contributed by atoms with Gasteiger partial charge in [-0.05, 0) is 49.9 Å². The van der Waals surface area contributed by atoms with Crippen molar-refractivity contribution in [3.63, 3.8) is 0 Å². The Morgan fingerprint density at radius 2 is 2.00 bits per heavy atom. The number of nitrogens with one attached hydrogen (secondary N) is 1. The van der Waals surface area contributed by atoms with E-state index in [1.165, 1.54) is 0 Å². The van der Waals surface area contributed by atoms with Crippen molar-refractivity contribution in [2.24, 2.45) is 13.0 Å². The van der Waals surface area contributed by atoms with Crippen LogP contribution in [0.4, 0.5) is 0 Å². The van der Waals surface area contributed by atoms with Crippen molar-refractivity contribution in [2.45, 2.75) is 38.3 Å². The smallest absolute Gasteiger partial charge is 0.253 e. The molecule has 1 saturated heterocycles. The summed E-state index contributed by atoms with van der Waals surface area (Å²) in [5.41, 5.74) is 0.618. The molecule has 1 atom stereocenters. The van der Waals surface area contributed by atoms with Gasteiger partial charge in [-0.15, -0.1) is 0 Å². The highest BCUT2D eigenvalue weighted by Gasteiger charge is 2.32. The molecule has 7 heteroatoms. The van der Waals surface area contributed by atoms with E-state index in [9.17, 15) is 9.59 Å². The molecule has 0 bridgehead atoms. The normalized spacial score (nSPS) is 19.3. The minimum absolute atomic E-state index is 0.0282. The molecule has 1 N–H and O–H groups in total. The number of aryl methyl sites for hydroxylation is 1. The van der Waals surface area contributed by atoms with Gasteiger partial charge in [0, 0.05) is 44.1 Å². The van der Waals surface area contributed by atoms with Gasteiger partial charge in [0.05, 0.1) is 5.92 Å². The molecule has 2 fully saturated rings. The molecule has 0 radical (unpaired) electrons. The zero-order valence-corrected chi connectivity index (χ0v) is 16.1. The fourth-order valence-electron chi connectivity index (χ4n) is 3.48. The Morgan fingerprint density at radius 3 is 2.68 bits per heavy atom. The van der Waals surface area contributed by atoms with E-state index in [0.717, 1.165) is 31.5 Å². The van der Waals surface area contributed by atoms with Gasteiger partial charge in [-0.2, -0.15) is 0 Å². The second kappa shape index (κ2) is 8.04. The molecule has 2 amide bonds. The summed E-state index contributed by atoms with van der Waals surface area (Å²) in [4.78, 5) is 31.2. The zero-order valence-electron chi connectivity index (χ0n) is 16.1. The molecule has 2 aromatic rings. The molecule has 1 aliphatic heterocycles. The Kier molecular flexibility index (Phi) is 5.32. The van der Waals surface area contributed by atoms with Crippen molar-refractivity contribution >= 4 is 11.8 Å². The Bertz CT molecular complexity index is 842. The number of hydrogen-bond acceptors (Lipinski definition) is 4. The number of hydrogen-bond donors (Lipinski definition) is 1. The fourth-order valence-corrected chi connectivity index (χ4v) is 3.48. The largest absolute Gasteiger partial charge is 0.486 e. The molecule has 1 saturated carbocycles. The highest BCUT2D eigenvalue weighted by atomic mass is 16.5. The van der Waals surface area contributed by atoms with Crippen LogP contribution in [0, 0.1) is 5.92 Å². The average Bonchev–Trinajstić information content (AvgIpc) is 3.45. The minimum atomic E-state index is -0.0984. The van der Waals surface area contributed by atoms with Crippen LogP contribution in [0.15, 0.2) is 36.7 Å². The highest BCUT2D eigenvalue weighted by Crippen LogP contribution is 2.23. The first-order chi connectivity index (χ1) is 13.6. The van der Waals surface area contributed by atoms with Crippen LogP contribution >= 0.6 is 0 Å².